The zero-order valence-electron chi connectivity index (χ0n) is 17.0. The molecule has 29 heavy (non-hydrogen) atoms. The van der Waals surface area contributed by atoms with Crippen molar-refractivity contribution in [2.24, 2.45) is 24.8 Å². The van der Waals surface area contributed by atoms with Crippen LogP contribution in [0.25, 0.3) is 10.9 Å². The summed E-state index contributed by atoms with van der Waals surface area (Å²) in [4.78, 5) is 28.1. The van der Waals surface area contributed by atoms with Crippen molar-refractivity contribution in [3.63, 3.8) is 0 Å². The molecule has 0 radical (unpaired) electrons. The highest BCUT2D eigenvalue weighted by Gasteiger charge is 2.44. The first-order valence-corrected chi connectivity index (χ1v) is 10.8. The van der Waals surface area contributed by atoms with Gasteiger partial charge in [0.1, 0.15) is 0 Å². The third-order valence-electron chi connectivity index (χ3n) is 7.15. The lowest BCUT2D eigenvalue weighted by molar-refractivity contribution is -0.129. The molecule has 0 spiro atoms. The van der Waals surface area contributed by atoms with Gasteiger partial charge in [-0.25, -0.2) is 0 Å². The molecule has 3 aliphatic rings. The van der Waals surface area contributed by atoms with Gasteiger partial charge in [0.05, 0.1) is 5.56 Å². The Morgan fingerprint density at radius 2 is 1.72 bits per heavy atom. The highest BCUT2D eigenvalue weighted by molar-refractivity contribution is 6.07. The molecule has 1 aliphatic carbocycles. The second-order valence-corrected chi connectivity index (χ2v) is 8.90. The Kier molecular flexibility index (Phi) is 4.82. The maximum absolute atomic E-state index is 13.3. The number of aryl methyl sites for hydroxylation is 1. The number of para-hydroxylation sites is 1. The Labute approximate surface area is 171 Å². The van der Waals surface area contributed by atoms with Crippen molar-refractivity contribution in [3.8, 4) is 0 Å². The number of fused-ring (bicyclic) bond motifs is 3. The van der Waals surface area contributed by atoms with E-state index in [-0.39, 0.29) is 23.8 Å². The van der Waals surface area contributed by atoms with Gasteiger partial charge < -0.3 is 19.5 Å². The molecule has 2 aliphatic heterocycles. The van der Waals surface area contributed by atoms with Crippen LogP contribution in [0.1, 0.15) is 36.0 Å². The number of hydrogen-bond donors (Lipinski definition) is 1. The molecule has 2 aromatic rings. The van der Waals surface area contributed by atoms with Gasteiger partial charge in [-0.2, -0.15) is 0 Å². The van der Waals surface area contributed by atoms with Crippen molar-refractivity contribution in [1.29, 1.82) is 0 Å². The molecule has 2 atom stereocenters. The SMILES string of the molecule is Cn1cc(C(=O)N2CC3CCC(C2)C3NC(=O)C2CCOCC2)c2ccccc21. The van der Waals surface area contributed by atoms with Gasteiger partial charge in [0.2, 0.25) is 5.91 Å². The summed E-state index contributed by atoms with van der Waals surface area (Å²) in [6.45, 7) is 2.83. The number of piperidine rings is 1. The maximum Gasteiger partial charge on any atom is 0.256 e. The van der Waals surface area contributed by atoms with E-state index in [4.69, 9.17) is 4.74 Å². The number of rotatable bonds is 3. The number of benzene rings is 1. The first-order chi connectivity index (χ1) is 14.1. The smallest absolute Gasteiger partial charge is 0.256 e. The first-order valence-electron chi connectivity index (χ1n) is 10.8. The number of nitrogens with zero attached hydrogens (tertiary/aromatic N) is 2. The van der Waals surface area contributed by atoms with E-state index in [1.807, 2.05) is 47.0 Å². The van der Waals surface area contributed by atoms with Gasteiger partial charge in [-0.05, 0) is 43.6 Å². The minimum Gasteiger partial charge on any atom is -0.381 e. The molecule has 6 nitrogen and oxygen atoms in total. The molecule has 3 fully saturated rings. The van der Waals surface area contributed by atoms with Crippen molar-refractivity contribution in [1.82, 2.24) is 14.8 Å². The lowest BCUT2D eigenvalue weighted by Gasteiger charge is -2.39. The highest BCUT2D eigenvalue weighted by atomic mass is 16.5. The Balaban J connectivity index is 1.29. The van der Waals surface area contributed by atoms with Crippen molar-refractivity contribution >= 4 is 22.7 Å². The first kappa shape index (κ1) is 18.7. The molecule has 1 aromatic heterocycles. The lowest BCUT2D eigenvalue weighted by atomic mass is 9.90. The third-order valence-corrected chi connectivity index (χ3v) is 7.15. The van der Waals surface area contributed by atoms with Gasteiger partial charge in [-0.1, -0.05) is 18.2 Å². The predicted octanol–water partition coefficient (Wildman–Crippen LogP) is 2.57. The molecule has 1 saturated carbocycles. The molecule has 2 unspecified atom stereocenters. The summed E-state index contributed by atoms with van der Waals surface area (Å²) in [5.74, 6) is 1.10. The van der Waals surface area contributed by atoms with Crippen molar-refractivity contribution in [2.75, 3.05) is 26.3 Å². The second kappa shape index (κ2) is 7.48. The van der Waals surface area contributed by atoms with Gasteiger partial charge in [0, 0.05) is 62.4 Å². The van der Waals surface area contributed by atoms with E-state index in [1.54, 1.807) is 0 Å². The normalized spacial score (nSPS) is 27.3. The fourth-order valence-corrected chi connectivity index (χ4v) is 5.55. The number of ether oxygens (including phenoxy) is 1. The zero-order valence-corrected chi connectivity index (χ0v) is 17.0. The van der Waals surface area contributed by atoms with Gasteiger partial charge in [0.15, 0.2) is 0 Å². The molecule has 2 bridgehead atoms. The number of carbonyl (C=O) groups excluding carboxylic acids is 2. The van der Waals surface area contributed by atoms with Gasteiger partial charge in [-0.15, -0.1) is 0 Å². The molecule has 2 amide bonds. The fourth-order valence-electron chi connectivity index (χ4n) is 5.55. The van der Waals surface area contributed by atoms with Crippen LogP contribution in [0.15, 0.2) is 30.5 Å². The summed E-state index contributed by atoms with van der Waals surface area (Å²) in [6, 6.07) is 8.28. The highest BCUT2D eigenvalue weighted by Crippen LogP contribution is 2.38. The van der Waals surface area contributed by atoms with Gasteiger partial charge in [0.25, 0.3) is 5.91 Å². The quantitative estimate of drug-likeness (QED) is 0.869. The Bertz CT molecular complexity index is 917. The minimum absolute atomic E-state index is 0.0819. The monoisotopic (exact) mass is 395 g/mol. The number of hydrogen-bond acceptors (Lipinski definition) is 3. The van der Waals surface area contributed by atoms with Crippen LogP contribution < -0.4 is 5.32 Å². The van der Waals surface area contributed by atoms with E-state index < -0.39 is 0 Å². The summed E-state index contributed by atoms with van der Waals surface area (Å²) < 4.78 is 7.41. The predicted molar refractivity (Wildman–Crippen MR) is 111 cm³/mol. The van der Waals surface area contributed by atoms with Crippen LogP contribution in [0.3, 0.4) is 0 Å². The maximum atomic E-state index is 13.3. The largest absolute Gasteiger partial charge is 0.381 e. The topological polar surface area (TPSA) is 63.6 Å². The van der Waals surface area contributed by atoms with Crippen molar-refractivity contribution in [3.05, 3.63) is 36.0 Å². The molecule has 1 N–H and O–H groups in total. The number of nitrogens with one attached hydrogen (secondary N) is 1. The number of aromatic nitrogens is 1. The summed E-state index contributed by atoms with van der Waals surface area (Å²) in [6.07, 6.45) is 5.76. The van der Waals surface area contributed by atoms with Crippen LogP contribution in [0.2, 0.25) is 0 Å². The minimum atomic E-state index is 0.0819. The summed E-state index contributed by atoms with van der Waals surface area (Å²) in [5, 5.41) is 4.36. The average molecular weight is 396 g/mol. The molecule has 154 valence electrons. The zero-order chi connectivity index (χ0) is 20.0. The van der Waals surface area contributed by atoms with Crippen LogP contribution in [0.4, 0.5) is 0 Å². The van der Waals surface area contributed by atoms with E-state index in [0.29, 0.717) is 25.0 Å². The molecule has 6 heteroatoms. The summed E-state index contributed by atoms with van der Waals surface area (Å²) in [5.41, 5.74) is 1.87. The van der Waals surface area contributed by atoms with E-state index >= 15 is 0 Å². The van der Waals surface area contributed by atoms with Gasteiger partial charge >= 0.3 is 0 Å². The van der Waals surface area contributed by atoms with Crippen molar-refractivity contribution < 1.29 is 14.3 Å². The number of likely N-dealkylation sites (tertiary alicyclic amines) is 1. The van der Waals surface area contributed by atoms with Crippen LogP contribution >= 0.6 is 0 Å². The van der Waals surface area contributed by atoms with Crippen LogP contribution in [-0.2, 0) is 16.6 Å². The number of amides is 2. The Morgan fingerprint density at radius 3 is 2.45 bits per heavy atom. The van der Waals surface area contributed by atoms with Crippen LogP contribution in [-0.4, -0.2) is 53.6 Å². The molecule has 1 aromatic carbocycles. The molecular formula is C23H29N3O3. The second-order valence-electron chi connectivity index (χ2n) is 8.90. The van der Waals surface area contributed by atoms with Gasteiger partial charge in [-0.3, -0.25) is 9.59 Å². The fraction of sp³-hybridized carbons (Fsp3) is 0.565. The average Bonchev–Trinajstić information content (AvgIpc) is 3.19. The third kappa shape index (κ3) is 3.33. The van der Waals surface area contributed by atoms with Crippen LogP contribution in [0.5, 0.6) is 0 Å². The van der Waals surface area contributed by atoms with E-state index in [0.717, 1.165) is 55.2 Å². The number of carbonyl (C=O) groups is 2. The van der Waals surface area contributed by atoms with Crippen molar-refractivity contribution in [2.45, 2.75) is 31.7 Å². The molecule has 2 saturated heterocycles. The van der Waals surface area contributed by atoms with E-state index in [9.17, 15) is 9.59 Å². The Hall–Kier alpha value is -2.34. The van der Waals surface area contributed by atoms with E-state index in [1.165, 1.54) is 0 Å². The van der Waals surface area contributed by atoms with E-state index in [2.05, 4.69) is 5.32 Å². The Morgan fingerprint density at radius 1 is 1.03 bits per heavy atom. The molecule has 3 heterocycles. The lowest BCUT2D eigenvalue weighted by Crippen LogP contribution is -2.55. The molecular weight excluding hydrogens is 366 g/mol. The van der Waals surface area contributed by atoms with Crippen LogP contribution in [0, 0.1) is 17.8 Å². The summed E-state index contributed by atoms with van der Waals surface area (Å²) in [7, 11) is 1.99. The standard InChI is InChI=1S/C23H29N3O3/c1-25-14-19(18-4-2-3-5-20(18)25)23(28)26-12-16-6-7-17(13-26)21(16)24-22(27)15-8-10-29-11-9-15/h2-5,14-17,21H,6-13H2,1H3,(H,24,27). The summed E-state index contributed by atoms with van der Waals surface area (Å²) >= 11 is 0. The molecule has 5 rings (SSSR count).